The molecule has 1 aromatic heterocycles. The van der Waals surface area contributed by atoms with E-state index in [9.17, 15) is 0 Å². The summed E-state index contributed by atoms with van der Waals surface area (Å²) in [6.07, 6.45) is 4.64. The van der Waals surface area contributed by atoms with Crippen molar-refractivity contribution in [3.8, 4) is 5.75 Å². The van der Waals surface area contributed by atoms with E-state index in [2.05, 4.69) is 17.2 Å². The van der Waals surface area contributed by atoms with E-state index in [0.717, 1.165) is 25.3 Å². The molecule has 0 bridgehead atoms. The first-order chi connectivity index (χ1) is 9.36. The predicted octanol–water partition coefficient (Wildman–Crippen LogP) is 3.20. The van der Waals surface area contributed by atoms with E-state index in [0.29, 0.717) is 6.04 Å². The number of nitrogens with zero attached hydrogens (tertiary/aromatic N) is 1. The van der Waals surface area contributed by atoms with Crippen LogP contribution in [0.1, 0.15) is 24.9 Å². The second-order valence-electron chi connectivity index (χ2n) is 4.47. The number of aromatic nitrogens is 1. The summed E-state index contributed by atoms with van der Waals surface area (Å²) in [5.74, 6) is 0.935. The van der Waals surface area contributed by atoms with Gasteiger partial charge in [0, 0.05) is 18.4 Å². The van der Waals surface area contributed by atoms with Gasteiger partial charge < -0.3 is 10.1 Å². The van der Waals surface area contributed by atoms with Gasteiger partial charge in [-0.25, -0.2) is 0 Å². The van der Waals surface area contributed by atoms with Gasteiger partial charge in [-0.2, -0.15) is 0 Å². The SMILES string of the molecule is C[C@@H](NCCCOc1ccccc1)c1ccncc1. The molecule has 0 saturated heterocycles. The van der Waals surface area contributed by atoms with Gasteiger partial charge in [-0.1, -0.05) is 18.2 Å². The number of benzene rings is 1. The number of pyridine rings is 1. The minimum Gasteiger partial charge on any atom is -0.494 e. The van der Waals surface area contributed by atoms with E-state index in [1.807, 2.05) is 54.9 Å². The van der Waals surface area contributed by atoms with Crippen molar-refractivity contribution in [3.63, 3.8) is 0 Å². The maximum Gasteiger partial charge on any atom is 0.119 e. The first-order valence-corrected chi connectivity index (χ1v) is 6.67. The van der Waals surface area contributed by atoms with Gasteiger partial charge in [-0.05, 0) is 49.7 Å². The number of ether oxygens (including phenoxy) is 1. The molecule has 3 heteroatoms. The third kappa shape index (κ3) is 4.72. The van der Waals surface area contributed by atoms with Crippen LogP contribution in [0.3, 0.4) is 0 Å². The van der Waals surface area contributed by atoms with Crippen LogP contribution in [0.2, 0.25) is 0 Å². The summed E-state index contributed by atoms with van der Waals surface area (Å²) in [7, 11) is 0. The van der Waals surface area contributed by atoms with Gasteiger partial charge in [-0.3, -0.25) is 4.98 Å². The molecule has 100 valence electrons. The van der Waals surface area contributed by atoms with E-state index < -0.39 is 0 Å². The van der Waals surface area contributed by atoms with Gasteiger partial charge in [-0.15, -0.1) is 0 Å². The normalized spacial score (nSPS) is 12.1. The lowest BCUT2D eigenvalue weighted by Gasteiger charge is -2.14. The molecule has 3 nitrogen and oxygen atoms in total. The molecule has 0 amide bonds. The van der Waals surface area contributed by atoms with Crippen molar-refractivity contribution >= 4 is 0 Å². The average Bonchev–Trinajstić information content (AvgIpc) is 2.49. The number of nitrogens with one attached hydrogen (secondary N) is 1. The zero-order valence-electron chi connectivity index (χ0n) is 11.3. The summed E-state index contributed by atoms with van der Waals surface area (Å²) in [6.45, 7) is 3.84. The Morgan fingerprint density at radius 2 is 1.84 bits per heavy atom. The van der Waals surface area contributed by atoms with Crippen molar-refractivity contribution in [2.24, 2.45) is 0 Å². The summed E-state index contributed by atoms with van der Waals surface area (Å²) in [5, 5.41) is 3.48. The lowest BCUT2D eigenvalue weighted by Crippen LogP contribution is -2.21. The maximum atomic E-state index is 5.64. The Bertz CT molecular complexity index is 459. The minimum atomic E-state index is 0.347. The number of hydrogen-bond donors (Lipinski definition) is 1. The predicted molar refractivity (Wildman–Crippen MR) is 77.2 cm³/mol. The molecule has 1 aromatic carbocycles. The first kappa shape index (κ1) is 13.6. The van der Waals surface area contributed by atoms with Crippen LogP contribution < -0.4 is 10.1 Å². The van der Waals surface area contributed by atoms with E-state index in [1.54, 1.807) is 0 Å². The van der Waals surface area contributed by atoms with Crippen LogP contribution in [0.15, 0.2) is 54.9 Å². The molecule has 1 atom stereocenters. The highest BCUT2D eigenvalue weighted by Crippen LogP contribution is 2.10. The smallest absolute Gasteiger partial charge is 0.119 e. The molecule has 0 radical (unpaired) electrons. The van der Waals surface area contributed by atoms with Gasteiger partial charge >= 0.3 is 0 Å². The van der Waals surface area contributed by atoms with E-state index in [-0.39, 0.29) is 0 Å². The van der Waals surface area contributed by atoms with Crippen LogP contribution in [0.25, 0.3) is 0 Å². The highest BCUT2D eigenvalue weighted by Gasteiger charge is 2.02. The fraction of sp³-hybridized carbons (Fsp3) is 0.312. The van der Waals surface area contributed by atoms with E-state index in [4.69, 9.17) is 4.74 Å². The fourth-order valence-corrected chi connectivity index (χ4v) is 1.87. The van der Waals surface area contributed by atoms with Crippen LogP contribution in [0, 0.1) is 0 Å². The Morgan fingerprint density at radius 3 is 2.58 bits per heavy atom. The lowest BCUT2D eigenvalue weighted by atomic mass is 10.1. The summed E-state index contributed by atoms with van der Waals surface area (Å²) in [5.41, 5.74) is 1.26. The second-order valence-corrected chi connectivity index (χ2v) is 4.47. The Balaban J connectivity index is 1.62. The van der Waals surface area contributed by atoms with Crippen molar-refractivity contribution < 1.29 is 4.74 Å². The third-order valence-corrected chi connectivity index (χ3v) is 2.99. The molecule has 0 fully saturated rings. The van der Waals surface area contributed by atoms with Crippen molar-refractivity contribution in [3.05, 3.63) is 60.4 Å². The van der Waals surface area contributed by atoms with Crippen molar-refractivity contribution in [1.29, 1.82) is 0 Å². The quantitative estimate of drug-likeness (QED) is 0.772. The zero-order chi connectivity index (χ0) is 13.3. The summed E-state index contributed by atoms with van der Waals surface area (Å²) in [6, 6.07) is 14.3. The van der Waals surface area contributed by atoms with E-state index in [1.165, 1.54) is 5.56 Å². The molecule has 0 unspecified atom stereocenters. The van der Waals surface area contributed by atoms with E-state index >= 15 is 0 Å². The largest absolute Gasteiger partial charge is 0.494 e. The molecular weight excluding hydrogens is 236 g/mol. The highest BCUT2D eigenvalue weighted by atomic mass is 16.5. The number of hydrogen-bond acceptors (Lipinski definition) is 3. The van der Waals surface area contributed by atoms with Crippen LogP contribution in [-0.4, -0.2) is 18.1 Å². The van der Waals surface area contributed by atoms with Gasteiger partial charge in [0.05, 0.1) is 6.61 Å². The standard InChI is InChI=1S/C16H20N2O/c1-14(15-8-11-17-12-9-15)18-10-5-13-19-16-6-3-2-4-7-16/h2-4,6-9,11-12,14,18H,5,10,13H2,1H3/t14-/m1/s1. The molecule has 19 heavy (non-hydrogen) atoms. The third-order valence-electron chi connectivity index (χ3n) is 2.99. The Labute approximate surface area is 114 Å². The van der Waals surface area contributed by atoms with Gasteiger partial charge in [0.25, 0.3) is 0 Å². The monoisotopic (exact) mass is 256 g/mol. The lowest BCUT2D eigenvalue weighted by molar-refractivity contribution is 0.305. The topological polar surface area (TPSA) is 34.1 Å². The van der Waals surface area contributed by atoms with Gasteiger partial charge in [0.1, 0.15) is 5.75 Å². The van der Waals surface area contributed by atoms with Crippen molar-refractivity contribution in [1.82, 2.24) is 10.3 Å². The minimum absolute atomic E-state index is 0.347. The van der Waals surface area contributed by atoms with Crippen molar-refractivity contribution in [2.45, 2.75) is 19.4 Å². The Hall–Kier alpha value is -1.87. The molecule has 2 aromatic rings. The van der Waals surface area contributed by atoms with Crippen LogP contribution in [0.5, 0.6) is 5.75 Å². The van der Waals surface area contributed by atoms with Gasteiger partial charge in [0.2, 0.25) is 0 Å². The van der Waals surface area contributed by atoms with Gasteiger partial charge in [0.15, 0.2) is 0 Å². The molecule has 0 aliphatic rings. The Kier molecular flexibility index (Phi) is 5.38. The average molecular weight is 256 g/mol. The van der Waals surface area contributed by atoms with Crippen LogP contribution in [-0.2, 0) is 0 Å². The maximum absolute atomic E-state index is 5.64. The molecule has 2 rings (SSSR count). The highest BCUT2D eigenvalue weighted by molar-refractivity contribution is 5.20. The molecule has 0 spiro atoms. The molecule has 0 aliphatic heterocycles. The fourth-order valence-electron chi connectivity index (χ4n) is 1.87. The zero-order valence-corrected chi connectivity index (χ0v) is 11.3. The van der Waals surface area contributed by atoms with Crippen molar-refractivity contribution in [2.75, 3.05) is 13.2 Å². The molecule has 0 saturated carbocycles. The first-order valence-electron chi connectivity index (χ1n) is 6.67. The summed E-state index contributed by atoms with van der Waals surface area (Å²) < 4.78 is 5.64. The summed E-state index contributed by atoms with van der Waals surface area (Å²) >= 11 is 0. The Morgan fingerprint density at radius 1 is 1.11 bits per heavy atom. The number of para-hydroxylation sites is 1. The number of rotatable bonds is 7. The molecule has 1 heterocycles. The molecule has 0 aliphatic carbocycles. The molecular formula is C16H20N2O. The second kappa shape index (κ2) is 7.54. The summed E-state index contributed by atoms with van der Waals surface area (Å²) in [4.78, 5) is 4.02. The van der Waals surface area contributed by atoms with Crippen LogP contribution >= 0.6 is 0 Å². The van der Waals surface area contributed by atoms with Crippen LogP contribution in [0.4, 0.5) is 0 Å². The molecule has 1 N–H and O–H groups in total.